The Bertz CT molecular complexity index is 935. The van der Waals surface area contributed by atoms with Gasteiger partial charge in [0.2, 0.25) is 0 Å². The highest BCUT2D eigenvalue weighted by atomic mass is 32.2. The van der Waals surface area contributed by atoms with Crippen molar-refractivity contribution < 1.29 is 18.7 Å². The van der Waals surface area contributed by atoms with E-state index in [1.54, 1.807) is 38.7 Å². The molecule has 3 rings (SSSR count). The number of carbonyl (C=O) groups is 1. The van der Waals surface area contributed by atoms with Gasteiger partial charge in [-0.05, 0) is 36.2 Å². The van der Waals surface area contributed by atoms with Gasteiger partial charge in [0.25, 0.3) is 0 Å². The predicted octanol–water partition coefficient (Wildman–Crippen LogP) is 4.19. The van der Waals surface area contributed by atoms with Gasteiger partial charge in [0, 0.05) is 12.1 Å². The summed E-state index contributed by atoms with van der Waals surface area (Å²) >= 11 is 1.36. The molecule has 7 nitrogen and oxygen atoms in total. The quantitative estimate of drug-likeness (QED) is 0.393. The number of nitrogens with zero attached hydrogens (tertiary/aromatic N) is 3. The number of methoxy groups -OCH3 is 2. The van der Waals surface area contributed by atoms with Crippen molar-refractivity contribution in [3.8, 4) is 23.1 Å². The van der Waals surface area contributed by atoms with Crippen LogP contribution in [0.1, 0.15) is 24.2 Å². The molecule has 0 aliphatic heterocycles. The van der Waals surface area contributed by atoms with E-state index < -0.39 is 0 Å². The van der Waals surface area contributed by atoms with E-state index in [9.17, 15) is 4.79 Å². The second-order valence-electron chi connectivity index (χ2n) is 6.57. The number of carbonyl (C=O) groups excluding carboxylic acids is 1. The Morgan fingerprint density at radius 2 is 1.96 bits per heavy atom. The van der Waals surface area contributed by atoms with Crippen LogP contribution in [0.25, 0.3) is 11.6 Å². The average molecular weight is 401 g/mol. The molecule has 0 N–H and O–H groups in total. The zero-order valence-electron chi connectivity index (χ0n) is 16.3. The number of hydrogen-bond donors (Lipinski definition) is 0. The summed E-state index contributed by atoms with van der Waals surface area (Å²) in [6, 6.07) is 8.82. The minimum absolute atomic E-state index is 0.0235. The average Bonchev–Trinajstić information content (AvgIpc) is 3.35. The number of ketones is 1. The Morgan fingerprint density at radius 1 is 1.18 bits per heavy atom. The van der Waals surface area contributed by atoms with Crippen molar-refractivity contribution in [1.82, 2.24) is 14.8 Å². The van der Waals surface area contributed by atoms with E-state index in [-0.39, 0.29) is 11.5 Å². The molecular formula is C20H23N3O4S. The number of furan rings is 1. The minimum atomic E-state index is -0.0235. The fourth-order valence-corrected chi connectivity index (χ4v) is 3.58. The number of ether oxygens (including phenoxy) is 2. The molecule has 0 aliphatic rings. The zero-order valence-corrected chi connectivity index (χ0v) is 17.2. The van der Waals surface area contributed by atoms with E-state index in [0.29, 0.717) is 39.7 Å². The Morgan fingerprint density at radius 3 is 2.61 bits per heavy atom. The molecule has 0 radical (unpaired) electrons. The lowest BCUT2D eigenvalue weighted by molar-refractivity contribution is 0.102. The maximum atomic E-state index is 12.7. The van der Waals surface area contributed by atoms with Crippen molar-refractivity contribution in [1.29, 1.82) is 0 Å². The van der Waals surface area contributed by atoms with Gasteiger partial charge in [-0.3, -0.25) is 9.36 Å². The Balaban J connectivity index is 1.78. The number of thioether (sulfide) groups is 1. The largest absolute Gasteiger partial charge is 0.493 e. The van der Waals surface area contributed by atoms with Crippen LogP contribution in [0.5, 0.6) is 11.5 Å². The van der Waals surface area contributed by atoms with Gasteiger partial charge in [-0.15, -0.1) is 10.2 Å². The van der Waals surface area contributed by atoms with E-state index in [0.717, 1.165) is 6.54 Å². The summed E-state index contributed by atoms with van der Waals surface area (Å²) in [5.74, 6) is 3.05. The second-order valence-corrected chi connectivity index (χ2v) is 7.51. The van der Waals surface area contributed by atoms with Crippen molar-refractivity contribution in [2.75, 3.05) is 20.0 Å². The smallest absolute Gasteiger partial charge is 0.200 e. The second kappa shape index (κ2) is 8.97. The topological polar surface area (TPSA) is 79.4 Å². The third kappa shape index (κ3) is 4.39. The first-order chi connectivity index (χ1) is 13.5. The lowest BCUT2D eigenvalue weighted by Gasteiger charge is -2.11. The first kappa shape index (κ1) is 20.0. The summed E-state index contributed by atoms with van der Waals surface area (Å²) in [5.41, 5.74) is 0.561. The Labute approximate surface area is 168 Å². The molecule has 3 aromatic rings. The van der Waals surface area contributed by atoms with Gasteiger partial charge in [0.1, 0.15) is 0 Å². The van der Waals surface area contributed by atoms with Crippen LogP contribution in [-0.4, -0.2) is 40.5 Å². The summed E-state index contributed by atoms with van der Waals surface area (Å²) in [6.07, 6.45) is 1.61. The first-order valence-electron chi connectivity index (χ1n) is 8.88. The number of rotatable bonds is 9. The zero-order chi connectivity index (χ0) is 20.1. The number of benzene rings is 1. The molecule has 0 bridgehead atoms. The molecule has 0 spiro atoms. The maximum absolute atomic E-state index is 12.7. The summed E-state index contributed by atoms with van der Waals surface area (Å²) in [6.45, 7) is 4.97. The number of hydrogen-bond acceptors (Lipinski definition) is 7. The van der Waals surface area contributed by atoms with Crippen LogP contribution >= 0.6 is 11.8 Å². The molecule has 0 saturated heterocycles. The molecule has 0 atom stereocenters. The Hall–Kier alpha value is -2.74. The number of Topliss-reactive ketones (excluding diaryl/α,β-unsaturated/α-hetero) is 1. The number of aromatic nitrogens is 3. The summed E-state index contributed by atoms with van der Waals surface area (Å²) < 4.78 is 18.0. The van der Waals surface area contributed by atoms with Gasteiger partial charge in [-0.1, -0.05) is 25.6 Å². The molecule has 0 fully saturated rings. The standard InChI is InChI=1S/C20H23N3O4S/c1-13(2)11-23-19(17-6-5-9-27-17)21-22-20(23)28-12-15(24)14-7-8-16(25-3)18(10-14)26-4/h5-10,13H,11-12H2,1-4H3. The molecule has 0 amide bonds. The maximum Gasteiger partial charge on any atom is 0.200 e. The van der Waals surface area contributed by atoms with Gasteiger partial charge < -0.3 is 13.9 Å². The van der Waals surface area contributed by atoms with Crippen molar-refractivity contribution in [2.24, 2.45) is 5.92 Å². The molecule has 0 saturated carbocycles. The fraction of sp³-hybridized carbons (Fsp3) is 0.350. The normalized spacial score (nSPS) is 11.0. The van der Waals surface area contributed by atoms with Crippen LogP contribution in [-0.2, 0) is 6.54 Å². The van der Waals surface area contributed by atoms with Gasteiger partial charge in [-0.25, -0.2) is 0 Å². The van der Waals surface area contributed by atoms with E-state index in [4.69, 9.17) is 13.9 Å². The SMILES string of the molecule is COc1ccc(C(=O)CSc2nnc(-c3ccco3)n2CC(C)C)cc1OC. The molecule has 8 heteroatoms. The van der Waals surface area contributed by atoms with Crippen molar-refractivity contribution in [2.45, 2.75) is 25.5 Å². The molecule has 2 heterocycles. The fourth-order valence-electron chi connectivity index (χ4n) is 2.74. The van der Waals surface area contributed by atoms with Crippen molar-refractivity contribution in [3.05, 3.63) is 42.2 Å². The van der Waals surface area contributed by atoms with E-state index in [1.807, 2.05) is 16.7 Å². The van der Waals surface area contributed by atoms with Crippen LogP contribution in [0.3, 0.4) is 0 Å². The highest BCUT2D eigenvalue weighted by Gasteiger charge is 2.19. The van der Waals surface area contributed by atoms with Crippen molar-refractivity contribution in [3.63, 3.8) is 0 Å². The van der Waals surface area contributed by atoms with Gasteiger partial charge >= 0.3 is 0 Å². The highest BCUT2D eigenvalue weighted by Crippen LogP contribution is 2.29. The summed E-state index contributed by atoms with van der Waals surface area (Å²) in [4.78, 5) is 12.7. The molecule has 2 aromatic heterocycles. The van der Waals surface area contributed by atoms with E-state index in [1.165, 1.54) is 11.8 Å². The minimum Gasteiger partial charge on any atom is -0.493 e. The first-order valence-corrected chi connectivity index (χ1v) is 9.87. The molecule has 148 valence electrons. The third-order valence-electron chi connectivity index (χ3n) is 4.04. The molecule has 28 heavy (non-hydrogen) atoms. The van der Waals surface area contributed by atoms with Gasteiger partial charge in [0.05, 0.1) is 26.2 Å². The third-order valence-corrected chi connectivity index (χ3v) is 5.01. The lowest BCUT2D eigenvalue weighted by atomic mass is 10.1. The predicted molar refractivity (Wildman–Crippen MR) is 107 cm³/mol. The highest BCUT2D eigenvalue weighted by molar-refractivity contribution is 7.99. The van der Waals surface area contributed by atoms with Crippen molar-refractivity contribution >= 4 is 17.5 Å². The van der Waals surface area contributed by atoms with Gasteiger partial charge in [0.15, 0.2) is 34.0 Å². The summed E-state index contributed by atoms with van der Waals surface area (Å²) in [5, 5.41) is 9.22. The van der Waals surface area contributed by atoms with Crippen LogP contribution in [0.4, 0.5) is 0 Å². The van der Waals surface area contributed by atoms with E-state index in [2.05, 4.69) is 24.0 Å². The molecule has 0 aliphatic carbocycles. The monoisotopic (exact) mass is 401 g/mol. The van der Waals surface area contributed by atoms with E-state index >= 15 is 0 Å². The summed E-state index contributed by atoms with van der Waals surface area (Å²) in [7, 11) is 3.11. The van der Waals surface area contributed by atoms with Gasteiger partial charge in [-0.2, -0.15) is 0 Å². The molecular weight excluding hydrogens is 378 g/mol. The van der Waals surface area contributed by atoms with Crippen LogP contribution < -0.4 is 9.47 Å². The lowest BCUT2D eigenvalue weighted by Crippen LogP contribution is -2.09. The van der Waals surface area contributed by atoms with Crippen LogP contribution in [0.15, 0.2) is 46.2 Å². The van der Waals surface area contributed by atoms with Crippen LogP contribution in [0.2, 0.25) is 0 Å². The Kier molecular flexibility index (Phi) is 6.41. The molecule has 1 aromatic carbocycles. The van der Waals surface area contributed by atoms with Crippen LogP contribution in [0, 0.1) is 5.92 Å². The molecule has 0 unspecified atom stereocenters.